The molecule has 0 amide bonds. The lowest BCUT2D eigenvalue weighted by atomic mass is 9.46. The van der Waals surface area contributed by atoms with Gasteiger partial charge in [-0.25, -0.2) is 0 Å². The lowest BCUT2D eigenvalue weighted by Crippen LogP contribution is -2.52. The zero-order valence-corrected chi connectivity index (χ0v) is 13.3. The Morgan fingerprint density at radius 3 is 2.71 bits per heavy atom. The van der Waals surface area contributed by atoms with Crippen molar-refractivity contribution in [2.24, 2.45) is 34.5 Å². The van der Waals surface area contributed by atoms with Gasteiger partial charge in [0.25, 0.3) is 0 Å². The number of carbonyl (C=O) groups is 1. The lowest BCUT2D eigenvalue weighted by molar-refractivity contribution is -0.130. The highest BCUT2D eigenvalue weighted by Crippen LogP contribution is 2.65. The summed E-state index contributed by atoms with van der Waals surface area (Å²) in [5.74, 6) is 2.81. The molecular weight excluding hydrogens is 260 g/mol. The topological polar surface area (TPSA) is 37.3 Å². The maximum absolute atomic E-state index is 12.1. The second-order valence-corrected chi connectivity index (χ2v) is 8.69. The maximum Gasteiger partial charge on any atom is 0.162 e. The number of aliphatic hydroxyl groups is 1. The smallest absolute Gasteiger partial charge is 0.162 e. The fraction of sp³-hybridized carbons (Fsp3) is 0.842. The minimum absolute atomic E-state index is 0.110. The van der Waals surface area contributed by atoms with Gasteiger partial charge in [-0.2, -0.15) is 0 Å². The number of Topliss-reactive ketones (excluding diaryl/α,β-unsaturated/α-hetero) is 1. The van der Waals surface area contributed by atoms with Crippen molar-refractivity contribution in [3.63, 3.8) is 0 Å². The van der Waals surface area contributed by atoms with E-state index in [-0.39, 0.29) is 11.2 Å². The van der Waals surface area contributed by atoms with Crippen molar-refractivity contribution in [2.75, 3.05) is 0 Å². The van der Waals surface area contributed by atoms with Gasteiger partial charge in [0.15, 0.2) is 5.78 Å². The molecule has 0 aromatic carbocycles. The number of rotatable bonds is 0. The summed E-state index contributed by atoms with van der Waals surface area (Å²) in [5, 5.41) is 10.4. The van der Waals surface area contributed by atoms with E-state index in [0.717, 1.165) is 18.3 Å². The number of ketones is 1. The van der Waals surface area contributed by atoms with Gasteiger partial charge in [0.1, 0.15) is 6.10 Å². The molecule has 0 radical (unpaired) electrons. The van der Waals surface area contributed by atoms with E-state index >= 15 is 0 Å². The van der Waals surface area contributed by atoms with Crippen LogP contribution in [0.5, 0.6) is 0 Å². The quantitative estimate of drug-likeness (QED) is 0.690. The van der Waals surface area contributed by atoms with Crippen molar-refractivity contribution in [3.8, 4) is 0 Å². The van der Waals surface area contributed by atoms with Crippen LogP contribution in [0.15, 0.2) is 12.2 Å². The van der Waals surface area contributed by atoms with Gasteiger partial charge in [-0.15, -0.1) is 0 Å². The Morgan fingerprint density at radius 2 is 1.90 bits per heavy atom. The van der Waals surface area contributed by atoms with Gasteiger partial charge < -0.3 is 5.11 Å². The molecule has 1 N–H and O–H groups in total. The molecule has 0 bridgehead atoms. The fourth-order valence-electron chi connectivity index (χ4n) is 6.61. The second-order valence-electron chi connectivity index (χ2n) is 8.69. The fourth-order valence-corrected chi connectivity index (χ4v) is 6.61. The molecule has 0 spiro atoms. The van der Waals surface area contributed by atoms with Crippen LogP contribution in [0.3, 0.4) is 0 Å². The Hall–Kier alpha value is -0.630. The lowest BCUT2D eigenvalue weighted by Gasteiger charge is -2.59. The first-order valence-corrected chi connectivity index (χ1v) is 8.82. The minimum Gasteiger partial charge on any atom is -0.385 e. The average molecular weight is 288 g/mol. The van der Waals surface area contributed by atoms with Crippen molar-refractivity contribution in [1.82, 2.24) is 0 Å². The van der Waals surface area contributed by atoms with E-state index in [4.69, 9.17) is 0 Å². The van der Waals surface area contributed by atoms with Crippen LogP contribution in [-0.4, -0.2) is 17.0 Å². The van der Waals surface area contributed by atoms with Crippen molar-refractivity contribution in [2.45, 2.75) is 64.9 Å². The normalized spacial score (nSPS) is 55.8. The van der Waals surface area contributed by atoms with Gasteiger partial charge in [0.2, 0.25) is 0 Å². The Bertz CT molecular complexity index is 496. The first-order valence-electron chi connectivity index (χ1n) is 8.82. The van der Waals surface area contributed by atoms with E-state index in [1.807, 2.05) is 0 Å². The summed E-state index contributed by atoms with van der Waals surface area (Å²) in [4.78, 5) is 12.1. The molecule has 0 saturated heterocycles. The zero-order valence-electron chi connectivity index (χ0n) is 13.3. The summed E-state index contributed by atoms with van der Waals surface area (Å²) in [6.07, 6.45) is 12.0. The first-order chi connectivity index (χ1) is 9.97. The van der Waals surface area contributed by atoms with Crippen LogP contribution in [-0.2, 0) is 4.79 Å². The standard InChI is InChI=1S/C19H28O2/c1-18-9-4-3-5-12(18)6-7-13-14(18)8-10-19(2)15(13)11-16(20)17(19)21/h3-4,12-15,17,21H,5-11H2,1-2H3/t12-,13+,14-,15-,17+,18-,19-/m0/s1. The molecule has 0 aromatic heterocycles. The van der Waals surface area contributed by atoms with E-state index in [2.05, 4.69) is 26.0 Å². The molecule has 7 atom stereocenters. The molecule has 4 aliphatic carbocycles. The Kier molecular flexibility index (Phi) is 2.96. The third-order valence-electron chi connectivity index (χ3n) is 8.00. The summed E-state index contributed by atoms with van der Waals surface area (Å²) in [5.41, 5.74) is 0.307. The van der Waals surface area contributed by atoms with Crippen molar-refractivity contribution in [3.05, 3.63) is 12.2 Å². The van der Waals surface area contributed by atoms with Crippen LogP contribution in [0.1, 0.15) is 58.8 Å². The summed E-state index contributed by atoms with van der Waals surface area (Å²) in [7, 11) is 0. The summed E-state index contributed by atoms with van der Waals surface area (Å²) < 4.78 is 0. The molecule has 4 aliphatic rings. The van der Waals surface area contributed by atoms with E-state index < -0.39 is 6.10 Å². The molecule has 4 rings (SSSR count). The Balaban J connectivity index is 1.68. The van der Waals surface area contributed by atoms with Gasteiger partial charge in [-0.1, -0.05) is 26.0 Å². The average Bonchev–Trinajstić information content (AvgIpc) is 2.70. The monoisotopic (exact) mass is 288 g/mol. The SMILES string of the molecule is C[C@]12CC=CC[C@H]1CC[C@@H]1[C@@H]2CC[C@]2(C)[C@H](O)C(=O)C[C@@H]12. The highest BCUT2D eigenvalue weighted by Gasteiger charge is 2.61. The minimum atomic E-state index is -0.694. The van der Waals surface area contributed by atoms with Crippen LogP contribution in [0.2, 0.25) is 0 Å². The highest BCUT2D eigenvalue weighted by atomic mass is 16.3. The number of aliphatic hydroxyl groups excluding tert-OH is 1. The molecule has 0 unspecified atom stereocenters. The summed E-state index contributed by atoms with van der Waals surface area (Å²) in [6.45, 7) is 4.69. The zero-order chi connectivity index (χ0) is 14.8. The summed E-state index contributed by atoms with van der Waals surface area (Å²) >= 11 is 0. The number of allylic oxidation sites excluding steroid dienone is 2. The van der Waals surface area contributed by atoms with Crippen LogP contribution >= 0.6 is 0 Å². The molecule has 2 nitrogen and oxygen atoms in total. The number of hydrogen-bond donors (Lipinski definition) is 1. The molecule has 2 heteroatoms. The second kappa shape index (κ2) is 4.44. The Morgan fingerprint density at radius 1 is 1.10 bits per heavy atom. The van der Waals surface area contributed by atoms with Crippen molar-refractivity contribution >= 4 is 5.78 Å². The van der Waals surface area contributed by atoms with E-state index in [1.165, 1.54) is 32.1 Å². The maximum atomic E-state index is 12.1. The molecule has 21 heavy (non-hydrogen) atoms. The third-order valence-corrected chi connectivity index (χ3v) is 8.00. The van der Waals surface area contributed by atoms with Crippen LogP contribution in [0.4, 0.5) is 0 Å². The predicted molar refractivity (Wildman–Crippen MR) is 82.6 cm³/mol. The molecule has 116 valence electrons. The Labute approximate surface area is 128 Å². The number of fused-ring (bicyclic) bond motifs is 5. The van der Waals surface area contributed by atoms with Gasteiger partial charge in [0.05, 0.1) is 0 Å². The highest BCUT2D eigenvalue weighted by molar-refractivity contribution is 5.86. The first kappa shape index (κ1) is 14.0. The number of hydrogen-bond acceptors (Lipinski definition) is 2. The summed E-state index contributed by atoms with van der Waals surface area (Å²) in [6, 6.07) is 0. The van der Waals surface area contributed by atoms with Gasteiger partial charge in [-0.3, -0.25) is 4.79 Å². The van der Waals surface area contributed by atoms with E-state index in [9.17, 15) is 9.90 Å². The third kappa shape index (κ3) is 1.72. The molecule has 0 aromatic rings. The van der Waals surface area contributed by atoms with Crippen molar-refractivity contribution < 1.29 is 9.90 Å². The number of carbonyl (C=O) groups excluding carboxylic acids is 1. The van der Waals surface area contributed by atoms with E-state index in [0.29, 0.717) is 23.7 Å². The molecule has 0 aliphatic heterocycles. The van der Waals surface area contributed by atoms with Crippen molar-refractivity contribution in [1.29, 1.82) is 0 Å². The van der Waals surface area contributed by atoms with Gasteiger partial charge in [-0.05, 0) is 67.6 Å². The largest absolute Gasteiger partial charge is 0.385 e. The molecule has 0 heterocycles. The van der Waals surface area contributed by atoms with Crippen LogP contribution < -0.4 is 0 Å². The predicted octanol–water partition coefficient (Wildman–Crippen LogP) is 3.74. The molecular formula is C19H28O2. The van der Waals surface area contributed by atoms with Gasteiger partial charge in [0, 0.05) is 11.8 Å². The van der Waals surface area contributed by atoms with E-state index in [1.54, 1.807) is 0 Å². The molecule has 3 saturated carbocycles. The van der Waals surface area contributed by atoms with Crippen LogP contribution in [0, 0.1) is 34.5 Å². The van der Waals surface area contributed by atoms with Gasteiger partial charge >= 0.3 is 0 Å². The van der Waals surface area contributed by atoms with Crippen LogP contribution in [0.25, 0.3) is 0 Å². The molecule has 3 fully saturated rings.